The summed E-state index contributed by atoms with van der Waals surface area (Å²) in [6, 6.07) is 6.50. The van der Waals surface area contributed by atoms with Gasteiger partial charge in [0.25, 0.3) is 5.91 Å². The molecule has 2 rings (SSSR count). The molecule has 0 saturated carbocycles. The Hall–Kier alpha value is -2.25. The summed E-state index contributed by atoms with van der Waals surface area (Å²) in [4.78, 5) is 24.3. The topological polar surface area (TPSA) is 58.6 Å². The first-order valence-electron chi connectivity index (χ1n) is 5.72. The molecule has 1 aromatic rings. The number of halogens is 3. The fourth-order valence-electron chi connectivity index (χ4n) is 1.73. The monoisotopic (exact) mass is 288 g/mol. The average molecular weight is 288 g/mol. The fourth-order valence-corrected chi connectivity index (χ4v) is 1.73. The van der Waals surface area contributed by atoms with Crippen LogP contribution in [0.2, 0.25) is 0 Å². The van der Waals surface area contributed by atoms with Gasteiger partial charge in [-0.15, -0.1) is 0 Å². The first-order valence-corrected chi connectivity index (χ1v) is 5.72. The van der Waals surface area contributed by atoms with Crippen LogP contribution in [0.25, 0.3) is 0 Å². The Bertz CT molecular complexity index is 531. The lowest BCUT2D eigenvalue weighted by atomic mass is 10.2. The van der Waals surface area contributed by atoms with Gasteiger partial charge in [0.15, 0.2) is 6.61 Å². The molecule has 0 spiro atoms. The number of nitrogens with zero attached hydrogens (tertiary/aromatic N) is 1. The molecular formula is C12H11F3N2O3. The highest BCUT2D eigenvalue weighted by Gasteiger charge is 2.30. The zero-order valence-electron chi connectivity index (χ0n) is 10.2. The molecular weight excluding hydrogens is 277 g/mol. The molecule has 1 aliphatic heterocycles. The highest BCUT2D eigenvalue weighted by Crippen LogP contribution is 2.31. The Morgan fingerprint density at radius 1 is 1.35 bits per heavy atom. The third-order valence-electron chi connectivity index (χ3n) is 2.60. The van der Waals surface area contributed by atoms with E-state index in [1.165, 1.54) is 0 Å². The Morgan fingerprint density at radius 2 is 2.05 bits per heavy atom. The molecule has 108 valence electrons. The van der Waals surface area contributed by atoms with Crippen molar-refractivity contribution in [3.8, 4) is 5.75 Å². The van der Waals surface area contributed by atoms with Gasteiger partial charge in [-0.05, 0) is 12.1 Å². The average Bonchev–Trinajstić information content (AvgIpc) is 2.39. The SMILES string of the molecule is O=C(CN1C(=O)COc2ccccc21)NCC(F)(F)F. The lowest BCUT2D eigenvalue weighted by molar-refractivity contribution is -0.138. The Balaban J connectivity index is 2.05. The molecule has 0 fully saturated rings. The van der Waals surface area contributed by atoms with E-state index in [4.69, 9.17) is 4.74 Å². The van der Waals surface area contributed by atoms with Crippen molar-refractivity contribution in [2.24, 2.45) is 0 Å². The van der Waals surface area contributed by atoms with E-state index in [2.05, 4.69) is 0 Å². The van der Waals surface area contributed by atoms with Gasteiger partial charge in [0.1, 0.15) is 18.8 Å². The van der Waals surface area contributed by atoms with E-state index in [9.17, 15) is 22.8 Å². The Morgan fingerprint density at radius 3 is 2.75 bits per heavy atom. The summed E-state index contributed by atoms with van der Waals surface area (Å²) in [7, 11) is 0. The standard InChI is InChI=1S/C12H11F3N2O3/c13-12(14,15)7-16-10(18)5-17-8-3-1-2-4-9(8)20-6-11(17)19/h1-4H,5-7H2,(H,16,18). The van der Waals surface area contributed by atoms with Gasteiger partial charge in [-0.2, -0.15) is 13.2 Å². The molecule has 1 heterocycles. The number of ether oxygens (including phenoxy) is 1. The van der Waals surface area contributed by atoms with Crippen LogP contribution in [0.15, 0.2) is 24.3 Å². The Kier molecular flexibility index (Phi) is 3.82. The third-order valence-corrected chi connectivity index (χ3v) is 2.60. The maximum absolute atomic E-state index is 12.0. The molecule has 2 amide bonds. The molecule has 0 radical (unpaired) electrons. The highest BCUT2D eigenvalue weighted by atomic mass is 19.4. The summed E-state index contributed by atoms with van der Waals surface area (Å²) in [5.74, 6) is -0.950. The predicted molar refractivity (Wildman–Crippen MR) is 63.4 cm³/mol. The van der Waals surface area contributed by atoms with E-state index < -0.39 is 31.1 Å². The van der Waals surface area contributed by atoms with Crippen LogP contribution in [0.3, 0.4) is 0 Å². The van der Waals surface area contributed by atoms with Crippen LogP contribution in [-0.2, 0) is 9.59 Å². The molecule has 5 nitrogen and oxygen atoms in total. The van der Waals surface area contributed by atoms with E-state index in [1.54, 1.807) is 29.6 Å². The van der Waals surface area contributed by atoms with E-state index in [1.807, 2.05) is 0 Å². The molecule has 0 bridgehead atoms. The summed E-state index contributed by atoms with van der Waals surface area (Å²) < 4.78 is 41.1. The molecule has 0 atom stereocenters. The zero-order valence-corrected chi connectivity index (χ0v) is 10.2. The van der Waals surface area contributed by atoms with Gasteiger partial charge < -0.3 is 10.1 Å². The lowest BCUT2D eigenvalue weighted by Crippen LogP contribution is -2.46. The summed E-state index contributed by atoms with van der Waals surface area (Å²) in [6.07, 6.45) is -4.48. The normalized spacial score (nSPS) is 14.6. The number of nitrogens with one attached hydrogen (secondary N) is 1. The molecule has 0 saturated heterocycles. The minimum atomic E-state index is -4.48. The number of hydrogen-bond donors (Lipinski definition) is 1. The van der Waals surface area contributed by atoms with Crippen LogP contribution in [0.1, 0.15) is 0 Å². The number of fused-ring (bicyclic) bond motifs is 1. The van der Waals surface area contributed by atoms with Crippen molar-refractivity contribution in [3.63, 3.8) is 0 Å². The molecule has 1 aliphatic rings. The number of hydrogen-bond acceptors (Lipinski definition) is 3. The quantitative estimate of drug-likeness (QED) is 0.906. The first-order chi connectivity index (χ1) is 9.37. The number of carbonyl (C=O) groups excluding carboxylic acids is 2. The second kappa shape index (κ2) is 5.40. The van der Waals surface area contributed by atoms with E-state index >= 15 is 0 Å². The van der Waals surface area contributed by atoms with Crippen LogP contribution in [0.5, 0.6) is 5.75 Å². The van der Waals surface area contributed by atoms with E-state index in [-0.39, 0.29) is 6.61 Å². The van der Waals surface area contributed by atoms with Crippen molar-refractivity contribution >= 4 is 17.5 Å². The molecule has 20 heavy (non-hydrogen) atoms. The van der Waals surface area contributed by atoms with E-state index in [0.717, 1.165) is 4.90 Å². The number of para-hydroxylation sites is 2. The molecule has 0 unspecified atom stereocenters. The van der Waals surface area contributed by atoms with Crippen LogP contribution in [0.4, 0.5) is 18.9 Å². The second-order valence-electron chi connectivity index (χ2n) is 4.13. The molecule has 0 aliphatic carbocycles. The summed E-state index contributed by atoms with van der Waals surface area (Å²) in [6.45, 7) is -2.15. The van der Waals surface area contributed by atoms with Gasteiger partial charge in [-0.1, -0.05) is 12.1 Å². The van der Waals surface area contributed by atoms with Crippen LogP contribution in [-0.4, -0.2) is 37.7 Å². The fraction of sp³-hybridized carbons (Fsp3) is 0.333. The molecule has 8 heteroatoms. The van der Waals surface area contributed by atoms with Crippen LogP contribution >= 0.6 is 0 Å². The molecule has 0 aromatic heterocycles. The number of anilines is 1. The highest BCUT2D eigenvalue weighted by molar-refractivity contribution is 6.02. The number of alkyl halides is 3. The van der Waals surface area contributed by atoms with Gasteiger partial charge in [-0.3, -0.25) is 14.5 Å². The number of amides is 2. The van der Waals surface area contributed by atoms with Crippen molar-refractivity contribution in [2.75, 3.05) is 24.6 Å². The second-order valence-corrected chi connectivity index (χ2v) is 4.13. The van der Waals surface area contributed by atoms with Gasteiger partial charge >= 0.3 is 6.18 Å². The number of rotatable bonds is 3. The third kappa shape index (κ3) is 3.40. The van der Waals surface area contributed by atoms with Crippen molar-refractivity contribution in [3.05, 3.63) is 24.3 Å². The van der Waals surface area contributed by atoms with Crippen molar-refractivity contribution in [1.29, 1.82) is 0 Å². The molecule has 1 aromatic carbocycles. The van der Waals surface area contributed by atoms with Crippen molar-refractivity contribution < 1.29 is 27.5 Å². The van der Waals surface area contributed by atoms with Crippen LogP contribution in [0, 0.1) is 0 Å². The van der Waals surface area contributed by atoms with Gasteiger partial charge in [0.2, 0.25) is 5.91 Å². The Labute approximate surface area is 112 Å². The van der Waals surface area contributed by atoms with Crippen molar-refractivity contribution in [2.45, 2.75) is 6.18 Å². The summed E-state index contributed by atoms with van der Waals surface area (Å²) in [5, 5.41) is 1.72. The predicted octanol–water partition coefficient (Wildman–Crippen LogP) is 1.09. The van der Waals surface area contributed by atoms with Gasteiger partial charge in [0, 0.05) is 0 Å². The minimum Gasteiger partial charge on any atom is -0.482 e. The summed E-state index contributed by atoms with van der Waals surface area (Å²) >= 11 is 0. The zero-order chi connectivity index (χ0) is 14.8. The number of benzene rings is 1. The maximum Gasteiger partial charge on any atom is 0.405 e. The van der Waals surface area contributed by atoms with Crippen LogP contribution < -0.4 is 15.0 Å². The first kappa shape index (κ1) is 14.2. The largest absolute Gasteiger partial charge is 0.482 e. The summed E-state index contributed by atoms with van der Waals surface area (Å²) in [5.41, 5.74) is 0.367. The smallest absolute Gasteiger partial charge is 0.405 e. The lowest BCUT2D eigenvalue weighted by Gasteiger charge is -2.28. The van der Waals surface area contributed by atoms with Crippen molar-refractivity contribution in [1.82, 2.24) is 5.32 Å². The van der Waals surface area contributed by atoms with E-state index in [0.29, 0.717) is 11.4 Å². The van der Waals surface area contributed by atoms with Gasteiger partial charge in [-0.25, -0.2) is 0 Å². The maximum atomic E-state index is 12.0. The molecule has 1 N–H and O–H groups in total. The minimum absolute atomic E-state index is 0.246. The van der Waals surface area contributed by atoms with Gasteiger partial charge in [0.05, 0.1) is 5.69 Å². The number of carbonyl (C=O) groups is 2.